The van der Waals surface area contributed by atoms with E-state index in [1.54, 1.807) is 12.8 Å². The lowest BCUT2D eigenvalue weighted by Crippen LogP contribution is -2.16. The molecule has 0 saturated heterocycles. The Hall–Kier alpha value is 0. The van der Waals surface area contributed by atoms with Crippen molar-refractivity contribution in [3.05, 3.63) is 0 Å². The maximum Gasteiger partial charge on any atom is -0.0352 e. The summed E-state index contributed by atoms with van der Waals surface area (Å²) in [4.78, 5) is 0. The average Bonchev–Trinajstić information content (AvgIpc) is 2.93. The van der Waals surface area contributed by atoms with Gasteiger partial charge in [-0.05, 0) is 42.4 Å². The zero-order chi connectivity index (χ0) is 10.8. The fraction of sp³-hybridized carbons (Fsp3) is 1.00. The summed E-state index contributed by atoms with van der Waals surface area (Å²) in [5, 5.41) is 0. The summed E-state index contributed by atoms with van der Waals surface area (Å²) in [5.74, 6) is 5.36. The van der Waals surface area contributed by atoms with E-state index in [2.05, 4.69) is 20.8 Å². The van der Waals surface area contributed by atoms with Gasteiger partial charge in [0, 0.05) is 0 Å². The zero-order valence-electron chi connectivity index (χ0n) is 10.8. The molecule has 0 aromatic heterocycles. The third kappa shape index (κ3) is 2.77. The molecule has 5 unspecified atom stereocenters. The van der Waals surface area contributed by atoms with E-state index in [9.17, 15) is 0 Å². The molecule has 0 aromatic carbocycles. The van der Waals surface area contributed by atoms with Gasteiger partial charge in [0.1, 0.15) is 0 Å². The van der Waals surface area contributed by atoms with Gasteiger partial charge in [-0.3, -0.25) is 0 Å². The summed E-state index contributed by atoms with van der Waals surface area (Å²) in [6, 6.07) is 0. The standard InChI is InChI=1S/C15H28/c1-4-6-11(2)9-14-12(3)7-5-8-13-10-15(13)14/h11-15H,4-10H2,1-3H3. The van der Waals surface area contributed by atoms with E-state index in [4.69, 9.17) is 0 Å². The van der Waals surface area contributed by atoms with Crippen molar-refractivity contribution in [2.45, 2.75) is 65.7 Å². The van der Waals surface area contributed by atoms with Crippen molar-refractivity contribution in [1.29, 1.82) is 0 Å². The largest absolute Gasteiger partial charge is 0.0654 e. The summed E-state index contributed by atoms with van der Waals surface area (Å²) in [6.07, 6.45) is 10.5. The molecule has 0 N–H and O–H groups in total. The second-order valence-electron chi connectivity index (χ2n) is 6.36. The second-order valence-corrected chi connectivity index (χ2v) is 6.36. The maximum atomic E-state index is 2.52. The Labute approximate surface area is 95.8 Å². The van der Waals surface area contributed by atoms with Crippen LogP contribution in [0.2, 0.25) is 0 Å². The van der Waals surface area contributed by atoms with Crippen LogP contribution in [-0.2, 0) is 0 Å². The molecule has 0 nitrogen and oxygen atoms in total. The zero-order valence-corrected chi connectivity index (χ0v) is 10.8. The number of rotatable bonds is 4. The van der Waals surface area contributed by atoms with Crippen molar-refractivity contribution >= 4 is 0 Å². The van der Waals surface area contributed by atoms with Crippen LogP contribution in [0.5, 0.6) is 0 Å². The van der Waals surface area contributed by atoms with Crippen LogP contribution in [0.25, 0.3) is 0 Å². The van der Waals surface area contributed by atoms with Crippen LogP contribution in [0.1, 0.15) is 65.7 Å². The number of hydrogen-bond donors (Lipinski definition) is 0. The van der Waals surface area contributed by atoms with Gasteiger partial charge in [0.05, 0.1) is 0 Å². The summed E-state index contributed by atoms with van der Waals surface area (Å²) in [7, 11) is 0. The molecule has 0 heterocycles. The Morgan fingerprint density at radius 2 is 2.07 bits per heavy atom. The highest BCUT2D eigenvalue weighted by molar-refractivity contribution is 4.95. The Kier molecular flexibility index (Phi) is 3.74. The molecule has 0 amide bonds. The summed E-state index contributed by atoms with van der Waals surface area (Å²) in [6.45, 7) is 7.31. The number of hydrogen-bond acceptors (Lipinski definition) is 0. The van der Waals surface area contributed by atoms with Crippen molar-refractivity contribution in [2.24, 2.45) is 29.6 Å². The minimum atomic E-state index is 0.974. The quantitative estimate of drug-likeness (QED) is 0.617. The van der Waals surface area contributed by atoms with Crippen molar-refractivity contribution in [2.75, 3.05) is 0 Å². The molecule has 2 aliphatic rings. The molecule has 0 heteroatoms. The van der Waals surface area contributed by atoms with Crippen LogP contribution in [-0.4, -0.2) is 0 Å². The predicted molar refractivity (Wildman–Crippen MR) is 66.8 cm³/mol. The molecule has 2 fully saturated rings. The monoisotopic (exact) mass is 208 g/mol. The minimum absolute atomic E-state index is 0.974. The second kappa shape index (κ2) is 4.89. The third-order valence-electron chi connectivity index (χ3n) is 4.95. The first-order valence-corrected chi connectivity index (χ1v) is 7.22. The van der Waals surface area contributed by atoms with Crippen LogP contribution < -0.4 is 0 Å². The van der Waals surface area contributed by atoms with Crippen LogP contribution in [0.4, 0.5) is 0 Å². The molecule has 2 aliphatic carbocycles. The molecule has 2 rings (SSSR count). The van der Waals surface area contributed by atoms with Gasteiger partial charge in [-0.2, -0.15) is 0 Å². The minimum Gasteiger partial charge on any atom is -0.0654 e. The van der Waals surface area contributed by atoms with Gasteiger partial charge < -0.3 is 0 Å². The molecule has 88 valence electrons. The first kappa shape index (κ1) is 11.5. The Bertz CT molecular complexity index is 194. The molecular formula is C15H28. The highest BCUT2D eigenvalue weighted by atomic mass is 14.5. The van der Waals surface area contributed by atoms with Crippen LogP contribution in [0, 0.1) is 29.6 Å². The topological polar surface area (TPSA) is 0 Å². The van der Waals surface area contributed by atoms with E-state index < -0.39 is 0 Å². The lowest BCUT2D eigenvalue weighted by molar-refractivity contribution is 0.245. The Morgan fingerprint density at radius 1 is 1.27 bits per heavy atom. The number of fused-ring (bicyclic) bond motifs is 1. The normalized spacial score (nSPS) is 41.8. The molecule has 0 bridgehead atoms. The van der Waals surface area contributed by atoms with Crippen molar-refractivity contribution in [3.63, 3.8) is 0 Å². The van der Waals surface area contributed by atoms with Gasteiger partial charge in [-0.25, -0.2) is 0 Å². The first-order valence-electron chi connectivity index (χ1n) is 7.22. The molecule has 0 radical (unpaired) electrons. The fourth-order valence-electron chi connectivity index (χ4n) is 3.95. The summed E-state index contributed by atoms with van der Waals surface area (Å²) >= 11 is 0. The van der Waals surface area contributed by atoms with Gasteiger partial charge in [0.15, 0.2) is 0 Å². The molecule has 15 heavy (non-hydrogen) atoms. The molecular weight excluding hydrogens is 180 g/mol. The lowest BCUT2D eigenvalue weighted by atomic mass is 9.80. The highest BCUT2D eigenvalue weighted by Crippen LogP contribution is 2.54. The van der Waals surface area contributed by atoms with Crippen molar-refractivity contribution in [1.82, 2.24) is 0 Å². The Morgan fingerprint density at radius 3 is 2.80 bits per heavy atom. The van der Waals surface area contributed by atoms with E-state index >= 15 is 0 Å². The van der Waals surface area contributed by atoms with E-state index in [0.29, 0.717) is 0 Å². The molecule has 0 aromatic rings. The van der Waals surface area contributed by atoms with Gasteiger partial charge in [-0.1, -0.05) is 52.9 Å². The summed E-state index contributed by atoms with van der Waals surface area (Å²) < 4.78 is 0. The predicted octanol–water partition coefficient (Wildman–Crippen LogP) is 4.89. The molecule has 0 spiro atoms. The van der Waals surface area contributed by atoms with E-state index in [1.807, 2.05) is 0 Å². The van der Waals surface area contributed by atoms with E-state index in [1.165, 1.54) is 32.1 Å². The van der Waals surface area contributed by atoms with Crippen molar-refractivity contribution < 1.29 is 0 Å². The smallest absolute Gasteiger partial charge is 0.0352 e. The van der Waals surface area contributed by atoms with Crippen molar-refractivity contribution in [3.8, 4) is 0 Å². The SMILES string of the molecule is CCCC(C)CC1C(C)CCCC2CC21. The maximum absolute atomic E-state index is 2.52. The Balaban J connectivity index is 1.87. The average molecular weight is 208 g/mol. The molecule has 5 atom stereocenters. The van der Waals surface area contributed by atoms with Gasteiger partial charge in [0.2, 0.25) is 0 Å². The van der Waals surface area contributed by atoms with Gasteiger partial charge in [0.25, 0.3) is 0 Å². The lowest BCUT2D eigenvalue weighted by Gasteiger charge is -2.25. The van der Waals surface area contributed by atoms with Crippen LogP contribution >= 0.6 is 0 Å². The van der Waals surface area contributed by atoms with Gasteiger partial charge in [-0.15, -0.1) is 0 Å². The molecule has 2 saturated carbocycles. The highest BCUT2D eigenvalue weighted by Gasteiger charge is 2.45. The first-order chi connectivity index (χ1) is 7.22. The summed E-state index contributed by atoms with van der Waals surface area (Å²) in [5.41, 5.74) is 0. The fourth-order valence-corrected chi connectivity index (χ4v) is 3.95. The van der Waals surface area contributed by atoms with E-state index in [-0.39, 0.29) is 0 Å². The third-order valence-corrected chi connectivity index (χ3v) is 4.95. The van der Waals surface area contributed by atoms with Crippen LogP contribution in [0.3, 0.4) is 0 Å². The van der Waals surface area contributed by atoms with Gasteiger partial charge >= 0.3 is 0 Å². The van der Waals surface area contributed by atoms with E-state index in [0.717, 1.165) is 29.6 Å². The van der Waals surface area contributed by atoms with Crippen LogP contribution in [0.15, 0.2) is 0 Å². The molecule has 0 aliphatic heterocycles.